The Morgan fingerprint density at radius 2 is 1.72 bits per heavy atom. The molecule has 0 aliphatic carbocycles. The standard InChI is InChI=1S/C29H30F2N4O3S/c1-2-19-7-6-8-20(11-19)16-32-17-26(36)25(14-21-12-23(30)15-24(31)13-21)33-27(37)18-39-29-35-34-28(38-29)22-9-4-3-5-10-22/h3-13,15,25-26,32,36H,2,14,16-18H2,1H3,(H,33,37)/t25-,26+/m0/s1. The van der Waals surface area contributed by atoms with E-state index in [0.717, 1.165) is 35.4 Å². The van der Waals surface area contributed by atoms with Crippen LogP contribution < -0.4 is 10.6 Å². The van der Waals surface area contributed by atoms with Gasteiger partial charge in [-0.15, -0.1) is 10.2 Å². The van der Waals surface area contributed by atoms with Crippen molar-refractivity contribution in [1.29, 1.82) is 0 Å². The maximum atomic E-state index is 13.8. The quantitative estimate of drug-likeness (QED) is 0.209. The van der Waals surface area contributed by atoms with E-state index in [9.17, 15) is 18.7 Å². The van der Waals surface area contributed by atoms with Crippen LogP contribution in [0.3, 0.4) is 0 Å². The van der Waals surface area contributed by atoms with Gasteiger partial charge in [0.05, 0.1) is 17.9 Å². The number of carbonyl (C=O) groups excluding carboxylic acids is 1. The van der Waals surface area contributed by atoms with E-state index >= 15 is 0 Å². The maximum absolute atomic E-state index is 13.8. The Bertz CT molecular complexity index is 1350. The summed E-state index contributed by atoms with van der Waals surface area (Å²) in [6.45, 7) is 2.77. The summed E-state index contributed by atoms with van der Waals surface area (Å²) in [6, 6.07) is 19.7. The minimum atomic E-state index is -1.02. The highest BCUT2D eigenvalue weighted by Crippen LogP contribution is 2.23. The van der Waals surface area contributed by atoms with Crippen LogP contribution in [0.4, 0.5) is 8.78 Å². The van der Waals surface area contributed by atoms with Crippen molar-refractivity contribution in [1.82, 2.24) is 20.8 Å². The molecular weight excluding hydrogens is 522 g/mol. The molecule has 0 fully saturated rings. The molecule has 39 heavy (non-hydrogen) atoms. The molecule has 3 N–H and O–H groups in total. The summed E-state index contributed by atoms with van der Waals surface area (Å²) < 4.78 is 33.2. The average Bonchev–Trinajstić information content (AvgIpc) is 3.41. The van der Waals surface area contributed by atoms with Gasteiger partial charge >= 0.3 is 0 Å². The monoisotopic (exact) mass is 552 g/mol. The molecule has 0 saturated carbocycles. The van der Waals surface area contributed by atoms with Crippen LogP contribution in [0.15, 0.2) is 82.4 Å². The van der Waals surface area contributed by atoms with Gasteiger partial charge in [0.15, 0.2) is 0 Å². The van der Waals surface area contributed by atoms with E-state index in [1.807, 2.05) is 42.5 Å². The van der Waals surface area contributed by atoms with E-state index in [0.29, 0.717) is 18.0 Å². The van der Waals surface area contributed by atoms with E-state index in [-0.39, 0.29) is 23.9 Å². The topological polar surface area (TPSA) is 100 Å². The third kappa shape index (κ3) is 8.71. The molecule has 4 rings (SSSR count). The smallest absolute Gasteiger partial charge is 0.277 e. The number of benzene rings is 3. The van der Waals surface area contributed by atoms with Crippen molar-refractivity contribution in [3.8, 4) is 11.5 Å². The molecule has 0 aliphatic heterocycles. The fourth-order valence-electron chi connectivity index (χ4n) is 4.07. The number of hydrogen-bond donors (Lipinski definition) is 3. The maximum Gasteiger partial charge on any atom is 0.277 e. The van der Waals surface area contributed by atoms with Gasteiger partial charge in [-0.2, -0.15) is 0 Å². The molecule has 0 spiro atoms. The molecule has 4 aromatic rings. The summed E-state index contributed by atoms with van der Waals surface area (Å²) in [5.41, 5.74) is 3.37. The second-order valence-electron chi connectivity index (χ2n) is 9.06. The Hall–Kier alpha value is -3.60. The number of aryl methyl sites for hydroxylation is 1. The zero-order valence-corrected chi connectivity index (χ0v) is 22.3. The number of aromatic nitrogens is 2. The van der Waals surface area contributed by atoms with Crippen LogP contribution in [-0.4, -0.2) is 45.7 Å². The van der Waals surface area contributed by atoms with Crippen LogP contribution >= 0.6 is 11.8 Å². The Balaban J connectivity index is 1.37. The summed E-state index contributed by atoms with van der Waals surface area (Å²) in [4.78, 5) is 12.8. The zero-order chi connectivity index (χ0) is 27.6. The molecule has 7 nitrogen and oxygen atoms in total. The van der Waals surface area contributed by atoms with E-state index in [4.69, 9.17) is 4.42 Å². The van der Waals surface area contributed by atoms with Crippen molar-refractivity contribution in [2.24, 2.45) is 0 Å². The number of aliphatic hydroxyl groups is 1. The second-order valence-corrected chi connectivity index (χ2v) is 9.98. The average molecular weight is 553 g/mol. The zero-order valence-electron chi connectivity index (χ0n) is 21.4. The molecule has 0 aliphatic rings. The predicted octanol–water partition coefficient (Wildman–Crippen LogP) is 4.55. The Kier molecular flexibility index (Phi) is 10.2. The van der Waals surface area contributed by atoms with Gasteiger partial charge in [-0.1, -0.05) is 61.2 Å². The van der Waals surface area contributed by atoms with Crippen molar-refractivity contribution < 1.29 is 23.1 Å². The number of rotatable bonds is 13. The number of amides is 1. The van der Waals surface area contributed by atoms with Crippen LogP contribution in [0.5, 0.6) is 0 Å². The first-order valence-electron chi connectivity index (χ1n) is 12.6. The third-order valence-corrected chi connectivity index (χ3v) is 6.84. The number of nitrogens with one attached hydrogen (secondary N) is 2. The molecule has 1 heterocycles. The molecule has 1 aromatic heterocycles. The van der Waals surface area contributed by atoms with Crippen molar-refractivity contribution in [3.05, 3.63) is 101 Å². The first-order chi connectivity index (χ1) is 18.9. The molecule has 204 valence electrons. The highest BCUT2D eigenvalue weighted by atomic mass is 32.2. The first kappa shape index (κ1) is 28.4. The SMILES string of the molecule is CCc1cccc(CNC[C@@H](O)[C@H](Cc2cc(F)cc(F)c2)NC(=O)CSc2nnc(-c3ccccc3)o2)c1. The number of aliphatic hydroxyl groups excluding tert-OH is 1. The number of hydrogen-bond acceptors (Lipinski definition) is 7. The van der Waals surface area contributed by atoms with Gasteiger partial charge in [0.1, 0.15) is 11.6 Å². The Morgan fingerprint density at radius 3 is 2.46 bits per heavy atom. The highest BCUT2D eigenvalue weighted by Gasteiger charge is 2.23. The third-order valence-electron chi connectivity index (χ3n) is 6.02. The van der Waals surface area contributed by atoms with Crippen LogP contribution in [0.2, 0.25) is 0 Å². The summed E-state index contributed by atoms with van der Waals surface area (Å²) >= 11 is 1.06. The molecule has 10 heteroatoms. The molecule has 0 bridgehead atoms. The minimum absolute atomic E-state index is 0.0396. The highest BCUT2D eigenvalue weighted by molar-refractivity contribution is 7.99. The lowest BCUT2D eigenvalue weighted by atomic mass is 10.0. The van der Waals surface area contributed by atoms with E-state index in [1.54, 1.807) is 0 Å². The van der Waals surface area contributed by atoms with Crippen molar-refractivity contribution in [2.75, 3.05) is 12.3 Å². The predicted molar refractivity (Wildman–Crippen MR) is 146 cm³/mol. The van der Waals surface area contributed by atoms with E-state index in [1.165, 1.54) is 17.7 Å². The summed E-state index contributed by atoms with van der Waals surface area (Å²) in [5.74, 6) is -1.54. The lowest BCUT2D eigenvalue weighted by Gasteiger charge is -2.25. The van der Waals surface area contributed by atoms with Crippen LogP contribution in [0, 0.1) is 11.6 Å². The van der Waals surface area contributed by atoms with Crippen LogP contribution in [-0.2, 0) is 24.2 Å². The number of thioether (sulfide) groups is 1. The second kappa shape index (κ2) is 14.0. The van der Waals surface area contributed by atoms with Gasteiger partial charge in [0.2, 0.25) is 11.8 Å². The van der Waals surface area contributed by atoms with Crippen LogP contribution in [0.25, 0.3) is 11.5 Å². The fourth-order valence-corrected chi connectivity index (χ4v) is 4.65. The fraction of sp³-hybridized carbons (Fsp3) is 0.276. The Labute approximate surface area is 230 Å². The number of halogens is 2. The molecule has 1 amide bonds. The summed E-state index contributed by atoms with van der Waals surface area (Å²) in [7, 11) is 0. The lowest BCUT2D eigenvalue weighted by Crippen LogP contribution is -2.49. The summed E-state index contributed by atoms with van der Waals surface area (Å²) in [6.07, 6.45) is -0.0604. The largest absolute Gasteiger partial charge is 0.411 e. The van der Waals surface area contributed by atoms with Gasteiger partial charge in [0, 0.05) is 24.7 Å². The minimum Gasteiger partial charge on any atom is -0.411 e. The van der Waals surface area contributed by atoms with E-state index < -0.39 is 29.7 Å². The Morgan fingerprint density at radius 1 is 0.974 bits per heavy atom. The van der Waals surface area contributed by atoms with Gasteiger partial charge in [-0.25, -0.2) is 8.78 Å². The summed E-state index contributed by atoms with van der Waals surface area (Å²) in [5, 5.41) is 25.1. The molecule has 0 unspecified atom stereocenters. The van der Waals surface area contributed by atoms with Gasteiger partial charge < -0.3 is 20.2 Å². The molecular formula is C29H30F2N4O3S. The van der Waals surface area contributed by atoms with E-state index in [2.05, 4.69) is 39.9 Å². The first-order valence-corrected chi connectivity index (χ1v) is 13.6. The molecule has 0 radical (unpaired) electrons. The van der Waals surface area contributed by atoms with Crippen LogP contribution in [0.1, 0.15) is 23.6 Å². The van der Waals surface area contributed by atoms with Gasteiger partial charge in [0.25, 0.3) is 5.22 Å². The van der Waals surface area contributed by atoms with Crippen molar-refractivity contribution >= 4 is 17.7 Å². The van der Waals surface area contributed by atoms with Crippen molar-refractivity contribution in [2.45, 2.75) is 43.7 Å². The lowest BCUT2D eigenvalue weighted by molar-refractivity contribution is -0.120. The number of nitrogens with zero attached hydrogens (tertiary/aromatic N) is 2. The van der Waals surface area contributed by atoms with Gasteiger partial charge in [-0.05, 0) is 53.8 Å². The van der Waals surface area contributed by atoms with Crippen molar-refractivity contribution in [3.63, 3.8) is 0 Å². The normalized spacial score (nSPS) is 12.7. The molecule has 3 aromatic carbocycles. The molecule has 0 saturated heterocycles. The molecule has 2 atom stereocenters. The van der Waals surface area contributed by atoms with Gasteiger partial charge in [-0.3, -0.25) is 4.79 Å². The number of carbonyl (C=O) groups is 1.